The van der Waals surface area contributed by atoms with Crippen molar-refractivity contribution in [2.24, 2.45) is 0 Å². The van der Waals surface area contributed by atoms with Crippen molar-refractivity contribution in [1.82, 2.24) is 0 Å². The Morgan fingerprint density at radius 2 is 0.963 bits per heavy atom. The lowest BCUT2D eigenvalue weighted by atomic mass is 10.0. The fraction of sp³-hybridized carbons (Fsp3) is 0.814. The number of carbonyl (C=O) groups is 2. The van der Waals surface area contributed by atoms with Crippen LogP contribution in [0.4, 0.5) is 0 Å². The Morgan fingerprint density at radius 1 is 0.556 bits per heavy atom. The number of aliphatic hydroxyl groups excluding tert-OH is 2. The molecule has 1 unspecified atom stereocenters. The average molecular weight is 787 g/mol. The number of carbonyl (C=O) groups excluding carboxylic acids is 2. The number of hydrogen-bond acceptors (Lipinski definition) is 9. The van der Waals surface area contributed by atoms with Crippen LogP contribution in [-0.2, 0) is 32.7 Å². The van der Waals surface area contributed by atoms with Crippen molar-refractivity contribution in [2.45, 2.75) is 199 Å². The van der Waals surface area contributed by atoms with Crippen molar-refractivity contribution in [2.75, 3.05) is 26.4 Å². The molecule has 11 heteroatoms. The molecule has 0 aliphatic heterocycles. The normalized spacial score (nSPS) is 14.2. The van der Waals surface area contributed by atoms with E-state index in [1.54, 1.807) is 0 Å². The number of hydrogen-bond donors (Lipinski definition) is 3. The molecule has 316 valence electrons. The van der Waals surface area contributed by atoms with E-state index in [1.165, 1.54) is 89.9 Å². The topological polar surface area (TPSA) is 149 Å². The van der Waals surface area contributed by atoms with Crippen LogP contribution in [0, 0.1) is 0 Å². The predicted octanol–water partition coefficient (Wildman–Crippen LogP) is 11.2. The van der Waals surface area contributed by atoms with E-state index in [-0.39, 0.29) is 19.4 Å². The van der Waals surface area contributed by atoms with Crippen LogP contribution < -0.4 is 0 Å². The molecule has 0 fully saturated rings. The van der Waals surface area contributed by atoms with E-state index in [0.29, 0.717) is 12.8 Å². The second-order valence-electron chi connectivity index (χ2n) is 14.4. The van der Waals surface area contributed by atoms with Gasteiger partial charge in [-0.3, -0.25) is 18.6 Å². The Morgan fingerprint density at radius 3 is 1.48 bits per heavy atom. The van der Waals surface area contributed by atoms with Crippen LogP contribution in [0.1, 0.15) is 187 Å². The molecule has 3 N–H and O–H groups in total. The Labute approximate surface area is 329 Å². The maximum absolute atomic E-state index is 12.6. The minimum absolute atomic E-state index is 0.182. The number of ether oxygens (including phenoxy) is 2. The van der Waals surface area contributed by atoms with E-state index in [1.807, 2.05) is 0 Å². The van der Waals surface area contributed by atoms with Gasteiger partial charge in [-0.2, -0.15) is 0 Å². The maximum atomic E-state index is 12.6. The number of rotatable bonds is 40. The highest BCUT2D eigenvalue weighted by Gasteiger charge is 2.27. The van der Waals surface area contributed by atoms with Gasteiger partial charge < -0.3 is 24.6 Å². The molecule has 0 aromatic heterocycles. The van der Waals surface area contributed by atoms with Gasteiger partial charge in [-0.15, -0.1) is 0 Å². The van der Waals surface area contributed by atoms with Gasteiger partial charge in [0.1, 0.15) is 12.7 Å². The molecule has 0 heterocycles. The zero-order valence-electron chi connectivity index (χ0n) is 34.2. The summed E-state index contributed by atoms with van der Waals surface area (Å²) in [5.41, 5.74) is 0. The number of esters is 2. The number of aliphatic hydroxyl groups is 2. The van der Waals surface area contributed by atoms with Gasteiger partial charge in [-0.1, -0.05) is 159 Å². The lowest BCUT2D eigenvalue weighted by Gasteiger charge is -2.20. The summed E-state index contributed by atoms with van der Waals surface area (Å²) in [4.78, 5) is 34.9. The molecule has 0 rings (SSSR count). The van der Waals surface area contributed by atoms with Crippen molar-refractivity contribution >= 4 is 19.8 Å². The lowest BCUT2D eigenvalue weighted by Crippen LogP contribution is -2.29. The third-order valence-electron chi connectivity index (χ3n) is 9.05. The Balaban J connectivity index is 4.33. The van der Waals surface area contributed by atoms with Crippen LogP contribution in [0.15, 0.2) is 36.5 Å². The molecular formula is C43H79O10P. The molecule has 0 bridgehead atoms. The van der Waals surface area contributed by atoms with Gasteiger partial charge in [0.25, 0.3) is 0 Å². The zero-order chi connectivity index (χ0) is 39.8. The number of unbranched alkanes of at least 4 members (excludes halogenated alkanes) is 20. The van der Waals surface area contributed by atoms with Crippen LogP contribution >= 0.6 is 7.82 Å². The van der Waals surface area contributed by atoms with Crippen molar-refractivity contribution in [1.29, 1.82) is 0 Å². The summed E-state index contributed by atoms with van der Waals surface area (Å²) in [6.45, 7) is 2.33. The largest absolute Gasteiger partial charge is 0.472 e. The first-order chi connectivity index (χ1) is 26.2. The highest BCUT2D eigenvalue weighted by Crippen LogP contribution is 2.43. The van der Waals surface area contributed by atoms with Crippen LogP contribution in [0.3, 0.4) is 0 Å². The van der Waals surface area contributed by atoms with Crippen LogP contribution in [0.25, 0.3) is 0 Å². The summed E-state index contributed by atoms with van der Waals surface area (Å²) >= 11 is 0. The van der Waals surface area contributed by atoms with Gasteiger partial charge in [-0.25, -0.2) is 4.57 Å². The zero-order valence-corrected chi connectivity index (χ0v) is 35.1. The molecule has 10 nitrogen and oxygen atoms in total. The van der Waals surface area contributed by atoms with Gasteiger partial charge in [-0.05, 0) is 51.4 Å². The average Bonchev–Trinajstić information content (AvgIpc) is 3.16. The maximum Gasteiger partial charge on any atom is 0.472 e. The first-order valence-corrected chi connectivity index (χ1v) is 22.9. The van der Waals surface area contributed by atoms with Gasteiger partial charge in [0, 0.05) is 12.8 Å². The van der Waals surface area contributed by atoms with Crippen molar-refractivity contribution in [3.05, 3.63) is 36.5 Å². The van der Waals surface area contributed by atoms with Gasteiger partial charge >= 0.3 is 19.8 Å². The SMILES string of the molecule is CCCCC/C=C\C/C=C\C/C=C\CCCCCCC(=O)OC[C@H](COP(=O)(O)OC[C@@H](O)CO)OC(=O)CCCCCCCCCCCCCCCC. The van der Waals surface area contributed by atoms with Crippen LogP contribution in [-0.4, -0.2) is 65.7 Å². The third kappa shape index (κ3) is 38.5. The molecule has 0 aromatic carbocycles. The fourth-order valence-electron chi connectivity index (χ4n) is 5.71. The Hall–Kier alpha value is -1.81. The molecule has 0 amide bonds. The van der Waals surface area contributed by atoms with E-state index in [0.717, 1.165) is 57.8 Å². The Kier molecular flexibility index (Phi) is 38.1. The molecule has 3 atom stereocenters. The van der Waals surface area contributed by atoms with Gasteiger partial charge in [0.2, 0.25) is 0 Å². The van der Waals surface area contributed by atoms with Crippen LogP contribution in [0.5, 0.6) is 0 Å². The lowest BCUT2D eigenvalue weighted by molar-refractivity contribution is -0.161. The molecular weight excluding hydrogens is 707 g/mol. The molecule has 0 aromatic rings. The highest BCUT2D eigenvalue weighted by molar-refractivity contribution is 7.47. The fourth-order valence-corrected chi connectivity index (χ4v) is 6.50. The Bertz CT molecular complexity index is 999. The molecule has 0 aliphatic rings. The van der Waals surface area contributed by atoms with Crippen molar-refractivity contribution in [3.8, 4) is 0 Å². The third-order valence-corrected chi connectivity index (χ3v) is 10.00. The predicted molar refractivity (Wildman–Crippen MR) is 219 cm³/mol. The standard InChI is InChI=1S/C43H79O10P/c1-3-5-7-9-11-13-15-17-19-20-21-23-24-26-28-30-32-34-42(46)50-38-41(39-52-54(48,49)51-37-40(45)36-44)53-43(47)35-33-31-29-27-25-22-18-16-14-12-10-8-6-4-2/h11,13,17,19,21,23,40-41,44-45H,3-10,12,14-16,18,20,22,24-39H2,1-2H3,(H,48,49)/b13-11-,19-17-,23-21-/t40-,41+/m0/s1. The minimum Gasteiger partial charge on any atom is -0.462 e. The number of allylic oxidation sites excluding steroid dienone is 6. The second-order valence-corrected chi connectivity index (χ2v) is 15.8. The molecule has 54 heavy (non-hydrogen) atoms. The highest BCUT2D eigenvalue weighted by atomic mass is 31.2. The summed E-state index contributed by atoms with van der Waals surface area (Å²) in [7, 11) is -4.62. The monoisotopic (exact) mass is 787 g/mol. The first-order valence-electron chi connectivity index (χ1n) is 21.4. The second kappa shape index (κ2) is 39.4. The molecule has 0 spiro atoms. The van der Waals surface area contributed by atoms with Gasteiger partial charge in [0.15, 0.2) is 6.10 Å². The van der Waals surface area contributed by atoms with Crippen LogP contribution in [0.2, 0.25) is 0 Å². The number of phosphoric ester groups is 1. The summed E-state index contributed by atoms with van der Waals surface area (Å²) in [6.07, 6.45) is 39.6. The summed E-state index contributed by atoms with van der Waals surface area (Å²) in [5, 5.41) is 18.3. The summed E-state index contributed by atoms with van der Waals surface area (Å²) in [6, 6.07) is 0. The summed E-state index contributed by atoms with van der Waals surface area (Å²) in [5.74, 6) is -0.946. The van der Waals surface area contributed by atoms with Gasteiger partial charge in [0.05, 0.1) is 19.8 Å². The smallest absolute Gasteiger partial charge is 0.462 e. The van der Waals surface area contributed by atoms with E-state index in [4.69, 9.17) is 19.1 Å². The summed E-state index contributed by atoms with van der Waals surface area (Å²) < 4.78 is 32.7. The van der Waals surface area contributed by atoms with E-state index in [2.05, 4.69) is 54.8 Å². The van der Waals surface area contributed by atoms with E-state index in [9.17, 15) is 24.2 Å². The van der Waals surface area contributed by atoms with E-state index >= 15 is 0 Å². The quantitative estimate of drug-likeness (QED) is 0.0237. The molecule has 0 aliphatic carbocycles. The first kappa shape index (κ1) is 52.2. The molecule has 0 saturated heterocycles. The number of phosphoric acid groups is 1. The molecule has 0 saturated carbocycles. The van der Waals surface area contributed by atoms with Crippen molar-refractivity contribution in [3.63, 3.8) is 0 Å². The molecule has 0 radical (unpaired) electrons. The minimum atomic E-state index is -4.62. The van der Waals surface area contributed by atoms with Crippen molar-refractivity contribution < 1.29 is 47.8 Å². The van der Waals surface area contributed by atoms with E-state index < -0.39 is 51.8 Å².